The quantitative estimate of drug-likeness (QED) is 0.790. The number of unbranched alkanes of at least 4 members (excludes halogenated alkanes) is 2. The number of nitriles is 1. The molecule has 0 fully saturated rings. The van der Waals surface area contributed by atoms with E-state index in [1.165, 1.54) is 0 Å². The van der Waals surface area contributed by atoms with E-state index >= 15 is 0 Å². The van der Waals surface area contributed by atoms with Gasteiger partial charge in [0.2, 0.25) is 0 Å². The number of carbonyl (C=O) groups is 1. The second kappa shape index (κ2) is 5.87. The van der Waals surface area contributed by atoms with Crippen LogP contribution in [0.25, 0.3) is 10.9 Å². The monoisotopic (exact) mass is 241 g/mol. The molecule has 1 aromatic heterocycles. The Morgan fingerprint density at radius 1 is 1.33 bits per heavy atom. The van der Waals surface area contributed by atoms with Gasteiger partial charge in [-0.05, 0) is 31.0 Å². The van der Waals surface area contributed by atoms with Crippen molar-refractivity contribution in [2.45, 2.75) is 19.3 Å². The average molecular weight is 241 g/mol. The molecule has 0 atom stereocenters. The third kappa shape index (κ3) is 2.69. The molecule has 2 rings (SSSR count). The first-order valence-electron chi connectivity index (χ1n) is 6.04. The Morgan fingerprint density at radius 2 is 2.22 bits per heavy atom. The van der Waals surface area contributed by atoms with E-state index in [2.05, 4.69) is 16.4 Å². The van der Waals surface area contributed by atoms with Gasteiger partial charge in [0.1, 0.15) is 0 Å². The largest absolute Gasteiger partial charge is 0.361 e. The van der Waals surface area contributed by atoms with Crippen LogP contribution in [-0.4, -0.2) is 17.4 Å². The molecule has 0 radical (unpaired) electrons. The van der Waals surface area contributed by atoms with Crippen LogP contribution in [0.2, 0.25) is 0 Å². The Balaban J connectivity index is 1.97. The molecule has 2 aromatic rings. The van der Waals surface area contributed by atoms with Crippen LogP contribution < -0.4 is 5.32 Å². The number of aromatic amines is 1. The fourth-order valence-corrected chi connectivity index (χ4v) is 1.91. The number of hydrogen-bond donors (Lipinski definition) is 2. The van der Waals surface area contributed by atoms with E-state index in [0.717, 1.165) is 23.7 Å². The van der Waals surface area contributed by atoms with Gasteiger partial charge >= 0.3 is 0 Å². The van der Waals surface area contributed by atoms with Gasteiger partial charge in [-0.2, -0.15) is 5.26 Å². The Hall–Kier alpha value is -2.28. The summed E-state index contributed by atoms with van der Waals surface area (Å²) in [6.07, 6.45) is 4.03. The summed E-state index contributed by atoms with van der Waals surface area (Å²) in [5, 5.41) is 12.2. The number of aromatic nitrogens is 1. The smallest absolute Gasteiger partial charge is 0.251 e. The third-order valence-corrected chi connectivity index (χ3v) is 2.84. The highest BCUT2D eigenvalue weighted by molar-refractivity contribution is 6.06. The standard InChI is InChI=1S/C14H15N3O/c15-8-2-1-3-9-17-14(18)12-5-4-6-13-11(12)7-10-16-13/h4-7,10,16H,1-3,9H2,(H,17,18). The lowest BCUT2D eigenvalue weighted by atomic mass is 10.1. The number of H-pyrrole nitrogens is 1. The van der Waals surface area contributed by atoms with Gasteiger partial charge in [-0.15, -0.1) is 0 Å². The van der Waals surface area contributed by atoms with E-state index in [1.54, 1.807) is 0 Å². The molecular weight excluding hydrogens is 226 g/mol. The van der Waals surface area contributed by atoms with E-state index in [4.69, 9.17) is 5.26 Å². The number of nitrogens with one attached hydrogen (secondary N) is 2. The van der Waals surface area contributed by atoms with Crippen LogP contribution in [0.15, 0.2) is 30.5 Å². The number of amides is 1. The molecule has 1 heterocycles. The Kier molecular flexibility index (Phi) is 3.98. The topological polar surface area (TPSA) is 68.7 Å². The van der Waals surface area contributed by atoms with Crippen LogP contribution in [0, 0.1) is 11.3 Å². The van der Waals surface area contributed by atoms with Gasteiger partial charge in [0.15, 0.2) is 0 Å². The van der Waals surface area contributed by atoms with Crippen molar-refractivity contribution in [2.75, 3.05) is 6.54 Å². The van der Waals surface area contributed by atoms with Crippen LogP contribution in [0.5, 0.6) is 0 Å². The summed E-state index contributed by atoms with van der Waals surface area (Å²) in [7, 11) is 0. The first kappa shape index (κ1) is 12.2. The van der Waals surface area contributed by atoms with Crippen LogP contribution in [0.4, 0.5) is 0 Å². The molecule has 1 aromatic carbocycles. The zero-order valence-corrected chi connectivity index (χ0v) is 10.1. The summed E-state index contributed by atoms with van der Waals surface area (Å²) >= 11 is 0. The summed E-state index contributed by atoms with van der Waals surface area (Å²) in [6, 6.07) is 9.62. The van der Waals surface area contributed by atoms with Crippen molar-refractivity contribution in [2.24, 2.45) is 0 Å². The van der Waals surface area contributed by atoms with E-state index in [-0.39, 0.29) is 5.91 Å². The number of nitrogens with zero attached hydrogens (tertiary/aromatic N) is 1. The normalized spacial score (nSPS) is 10.2. The Morgan fingerprint density at radius 3 is 3.06 bits per heavy atom. The highest BCUT2D eigenvalue weighted by Crippen LogP contribution is 2.17. The minimum atomic E-state index is -0.0582. The van der Waals surface area contributed by atoms with Gasteiger partial charge in [-0.3, -0.25) is 4.79 Å². The van der Waals surface area contributed by atoms with E-state index in [9.17, 15) is 4.79 Å². The van der Waals surface area contributed by atoms with Crippen LogP contribution >= 0.6 is 0 Å². The van der Waals surface area contributed by atoms with Gasteiger partial charge in [-0.1, -0.05) is 6.07 Å². The highest BCUT2D eigenvalue weighted by Gasteiger charge is 2.09. The third-order valence-electron chi connectivity index (χ3n) is 2.84. The molecule has 4 heteroatoms. The molecule has 0 aliphatic carbocycles. The fraction of sp³-hybridized carbons (Fsp3) is 0.286. The molecular formula is C14H15N3O. The zero-order valence-electron chi connectivity index (χ0n) is 10.1. The van der Waals surface area contributed by atoms with Gasteiger partial charge in [0.05, 0.1) is 6.07 Å². The van der Waals surface area contributed by atoms with Crippen molar-refractivity contribution in [1.29, 1.82) is 5.26 Å². The molecule has 1 amide bonds. The molecule has 0 bridgehead atoms. The summed E-state index contributed by atoms with van der Waals surface area (Å²) in [4.78, 5) is 15.1. The first-order chi connectivity index (χ1) is 8.83. The summed E-state index contributed by atoms with van der Waals surface area (Å²) < 4.78 is 0. The van der Waals surface area contributed by atoms with E-state index in [0.29, 0.717) is 18.5 Å². The number of hydrogen-bond acceptors (Lipinski definition) is 2. The minimum Gasteiger partial charge on any atom is -0.361 e. The van der Waals surface area contributed by atoms with Crippen molar-refractivity contribution < 1.29 is 4.79 Å². The maximum atomic E-state index is 12.0. The van der Waals surface area contributed by atoms with Crippen LogP contribution in [0.1, 0.15) is 29.6 Å². The Bertz CT molecular complexity index is 580. The number of rotatable bonds is 5. The molecule has 92 valence electrons. The molecule has 18 heavy (non-hydrogen) atoms. The fourth-order valence-electron chi connectivity index (χ4n) is 1.91. The molecule has 0 spiro atoms. The SMILES string of the molecule is N#CCCCCNC(=O)c1cccc2[nH]ccc12. The zero-order chi connectivity index (χ0) is 12.8. The van der Waals surface area contributed by atoms with E-state index in [1.807, 2.05) is 30.5 Å². The lowest BCUT2D eigenvalue weighted by Gasteiger charge is -2.05. The van der Waals surface area contributed by atoms with Gasteiger partial charge in [0, 0.05) is 35.6 Å². The van der Waals surface area contributed by atoms with Crippen molar-refractivity contribution in [3.05, 3.63) is 36.0 Å². The summed E-state index contributed by atoms with van der Waals surface area (Å²) in [6.45, 7) is 0.612. The molecule has 2 N–H and O–H groups in total. The minimum absolute atomic E-state index is 0.0582. The second-order valence-corrected chi connectivity index (χ2v) is 4.12. The predicted molar refractivity (Wildman–Crippen MR) is 70.1 cm³/mol. The summed E-state index contributed by atoms with van der Waals surface area (Å²) in [5.74, 6) is -0.0582. The maximum absolute atomic E-state index is 12.0. The van der Waals surface area contributed by atoms with Crippen molar-refractivity contribution in [3.63, 3.8) is 0 Å². The van der Waals surface area contributed by atoms with Crippen molar-refractivity contribution in [3.8, 4) is 6.07 Å². The maximum Gasteiger partial charge on any atom is 0.251 e. The van der Waals surface area contributed by atoms with Gasteiger partial charge in [0.25, 0.3) is 5.91 Å². The lowest BCUT2D eigenvalue weighted by Crippen LogP contribution is -2.24. The van der Waals surface area contributed by atoms with Crippen LogP contribution in [0.3, 0.4) is 0 Å². The molecule has 0 unspecified atom stereocenters. The van der Waals surface area contributed by atoms with Gasteiger partial charge in [-0.25, -0.2) is 0 Å². The second-order valence-electron chi connectivity index (χ2n) is 4.12. The average Bonchev–Trinajstić information content (AvgIpc) is 2.86. The van der Waals surface area contributed by atoms with Gasteiger partial charge < -0.3 is 10.3 Å². The van der Waals surface area contributed by atoms with Crippen LogP contribution in [-0.2, 0) is 0 Å². The van der Waals surface area contributed by atoms with Crippen molar-refractivity contribution in [1.82, 2.24) is 10.3 Å². The molecule has 0 saturated heterocycles. The Labute approximate surface area is 106 Å². The number of benzene rings is 1. The molecule has 0 aliphatic rings. The van der Waals surface area contributed by atoms with Crippen molar-refractivity contribution >= 4 is 16.8 Å². The summed E-state index contributed by atoms with van der Waals surface area (Å²) in [5.41, 5.74) is 1.65. The molecule has 4 nitrogen and oxygen atoms in total. The lowest BCUT2D eigenvalue weighted by molar-refractivity contribution is 0.0954. The first-order valence-corrected chi connectivity index (χ1v) is 6.04. The predicted octanol–water partition coefficient (Wildman–Crippen LogP) is 2.59. The van der Waals surface area contributed by atoms with E-state index < -0.39 is 0 Å². The number of carbonyl (C=O) groups excluding carboxylic acids is 1. The molecule has 0 aliphatic heterocycles. The highest BCUT2D eigenvalue weighted by atomic mass is 16.1. The number of fused-ring (bicyclic) bond motifs is 1. The molecule has 0 saturated carbocycles.